The number of rotatable bonds is 7. The third kappa shape index (κ3) is 7.56. The van der Waals surface area contributed by atoms with Gasteiger partial charge in [-0.3, -0.25) is 4.99 Å². The van der Waals surface area contributed by atoms with Gasteiger partial charge in [-0.05, 0) is 32.6 Å². The van der Waals surface area contributed by atoms with Crippen LogP contribution in [0.4, 0.5) is 0 Å². The van der Waals surface area contributed by atoms with Crippen molar-refractivity contribution in [3.8, 4) is 11.8 Å². The Morgan fingerprint density at radius 1 is 1.39 bits per heavy atom. The molecule has 5 nitrogen and oxygen atoms in total. The number of ether oxygens (including phenoxy) is 2. The van der Waals surface area contributed by atoms with Crippen LogP contribution >= 0.6 is 11.6 Å². The Morgan fingerprint density at radius 3 is 2.48 bits per heavy atom. The van der Waals surface area contributed by atoms with Crippen LogP contribution in [0.3, 0.4) is 0 Å². The molecule has 1 aliphatic carbocycles. The number of nitrogens with zero attached hydrogens (tertiary/aromatic N) is 1. The summed E-state index contributed by atoms with van der Waals surface area (Å²) < 4.78 is 10.8. The molecule has 23 heavy (non-hydrogen) atoms. The van der Waals surface area contributed by atoms with Crippen LogP contribution < -0.4 is 11.1 Å². The second kappa shape index (κ2) is 11.1. The summed E-state index contributed by atoms with van der Waals surface area (Å²) >= 11 is 5.87. The number of hydrogen-bond acceptors (Lipinski definition) is 4. The van der Waals surface area contributed by atoms with Crippen LogP contribution in [0.15, 0.2) is 28.5 Å². The third-order valence-electron chi connectivity index (χ3n) is 3.27. The molecule has 1 rings (SSSR count). The minimum Gasteiger partial charge on any atom is -0.403 e. The van der Waals surface area contributed by atoms with Crippen molar-refractivity contribution in [3.63, 3.8) is 0 Å². The average Bonchev–Trinajstić information content (AvgIpc) is 3.00. The maximum Gasteiger partial charge on any atom is 0.222 e. The predicted octanol–water partition coefficient (Wildman–Crippen LogP) is 2.87. The van der Waals surface area contributed by atoms with E-state index in [9.17, 15) is 0 Å². The molecule has 0 radical (unpaired) electrons. The van der Waals surface area contributed by atoms with Crippen molar-refractivity contribution in [2.75, 3.05) is 13.2 Å². The first kappa shape index (κ1) is 19.6. The highest BCUT2D eigenvalue weighted by molar-refractivity contribution is 6.30. The van der Waals surface area contributed by atoms with Crippen molar-refractivity contribution in [1.82, 2.24) is 5.32 Å². The van der Waals surface area contributed by atoms with Gasteiger partial charge >= 0.3 is 0 Å². The molecule has 6 heteroatoms. The molecule has 128 valence electrons. The Hall–Kier alpha value is -1.48. The summed E-state index contributed by atoms with van der Waals surface area (Å²) in [5, 5.41) is 3.21. The number of nitrogens with one attached hydrogen (secondary N) is 1. The minimum atomic E-state index is -0.591. The highest BCUT2D eigenvalue weighted by Crippen LogP contribution is 2.21. The molecule has 0 bridgehead atoms. The summed E-state index contributed by atoms with van der Waals surface area (Å²) in [5.41, 5.74) is 6.26. The zero-order valence-corrected chi connectivity index (χ0v) is 14.7. The maximum absolute atomic E-state index is 5.87. The number of hydrogen-bond donors (Lipinski definition) is 2. The van der Waals surface area contributed by atoms with Crippen molar-refractivity contribution >= 4 is 17.4 Å². The molecular weight excluding hydrogens is 314 g/mol. The van der Waals surface area contributed by atoms with Gasteiger partial charge in [0.1, 0.15) is 11.0 Å². The average molecular weight is 340 g/mol. The van der Waals surface area contributed by atoms with Crippen molar-refractivity contribution in [3.05, 3.63) is 23.5 Å². The summed E-state index contributed by atoms with van der Waals surface area (Å²) in [6.45, 7) is 8.45. The normalized spacial score (nSPS) is 16.3. The van der Waals surface area contributed by atoms with Crippen LogP contribution in [0.25, 0.3) is 0 Å². The predicted molar refractivity (Wildman–Crippen MR) is 94.9 cm³/mol. The van der Waals surface area contributed by atoms with Gasteiger partial charge in [0.15, 0.2) is 0 Å². The summed E-state index contributed by atoms with van der Waals surface area (Å²) in [6, 6.07) is 0.264. The summed E-state index contributed by atoms with van der Waals surface area (Å²) in [5.74, 6) is 6.42. The standard InChI is InChI=1S/C17H26ClN3O2/c1-4-22-16(23-5-2)11-10-14(12-19)17(20-13(3)18)21-15-8-6-7-9-15/h12,15-16H,3-9,19H2,1-2H3,(H,20,21)/b14-12-. The van der Waals surface area contributed by atoms with E-state index in [0.29, 0.717) is 24.6 Å². The van der Waals surface area contributed by atoms with Crippen molar-refractivity contribution in [2.24, 2.45) is 10.7 Å². The largest absolute Gasteiger partial charge is 0.403 e. The molecule has 0 aromatic carbocycles. The topological polar surface area (TPSA) is 68.9 Å². The molecule has 1 fully saturated rings. The zero-order valence-electron chi connectivity index (χ0n) is 13.9. The van der Waals surface area contributed by atoms with E-state index in [4.69, 9.17) is 26.8 Å². The number of aliphatic imine (C=N–C) groups is 1. The summed E-state index contributed by atoms with van der Waals surface area (Å²) in [6.07, 6.45) is 5.31. The van der Waals surface area contributed by atoms with Crippen LogP contribution in [0.2, 0.25) is 0 Å². The third-order valence-corrected chi connectivity index (χ3v) is 3.37. The molecule has 0 aliphatic heterocycles. The lowest BCUT2D eigenvalue weighted by Gasteiger charge is -2.12. The van der Waals surface area contributed by atoms with E-state index in [1.54, 1.807) is 0 Å². The molecule has 0 saturated heterocycles. The monoisotopic (exact) mass is 339 g/mol. The van der Waals surface area contributed by atoms with Crippen LogP contribution in [0.1, 0.15) is 39.5 Å². The number of halogens is 1. The van der Waals surface area contributed by atoms with Crippen molar-refractivity contribution in [2.45, 2.75) is 51.9 Å². The van der Waals surface area contributed by atoms with E-state index in [0.717, 1.165) is 12.8 Å². The molecule has 0 spiro atoms. The summed E-state index contributed by atoms with van der Waals surface area (Å²) in [7, 11) is 0. The minimum absolute atomic E-state index is 0.264. The van der Waals surface area contributed by atoms with Crippen LogP contribution in [0, 0.1) is 11.8 Å². The molecule has 0 atom stereocenters. The van der Waals surface area contributed by atoms with Gasteiger partial charge in [0.25, 0.3) is 0 Å². The fraction of sp³-hybridized carbons (Fsp3) is 0.588. The molecule has 0 unspecified atom stereocenters. The molecule has 1 saturated carbocycles. The molecule has 0 aromatic heterocycles. The fourth-order valence-electron chi connectivity index (χ4n) is 2.26. The van der Waals surface area contributed by atoms with E-state index < -0.39 is 6.29 Å². The second-order valence-electron chi connectivity index (χ2n) is 5.04. The Kier molecular flexibility index (Phi) is 9.46. The van der Waals surface area contributed by atoms with E-state index in [2.05, 4.69) is 28.7 Å². The second-order valence-corrected chi connectivity index (χ2v) is 5.49. The fourth-order valence-corrected chi connectivity index (χ4v) is 2.35. The Labute approximate surface area is 144 Å². The first-order valence-corrected chi connectivity index (χ1v) is 8.34. The number of amidine groups is 1. The van der Waals surface area contributed by atoms with Gasteiger partial charge in [0, 0.05) is 19.4 Å². The van der Waals surface area contributed by atoms with Gasteiger partial charge in [-0.2, -0.15) is 0 Å². The Morgan fingerprint density at radius 2 is 2.00 bits per heavy atom. The maximum atomic E-state index is 5.87. The van der Waals surface area contributed by atoms with Gasteiger partial charge in [-0.25, -0.2) is 0 Å². The zero-order chi connectivity index (χ0) is 17.1. The van der Waals surface area contributed by atoms with Gasteiger partial charge < -0.3 is 20.5 Å². The molecule has 0 heterocycles. The first-order chi connectivity index (χ1) is 11.1. The highest BCUT2D eigenvalue weighted by atomic mass is 35.5. The smallest absolute Gasteiger partial charge is 0.222 e. The summed E-state index contributed by atoms with van der Waals surface area (Å²) in [4.78, 5) is 4.68. The highest BCUT2D eigenvalue weighted by Gasteiger charge is 2.16. The quantitative estimate of drug-likeness (QED) is 0.246. The Balaban J connectivity index is 2.94. The number of nitrogens with two attached hydrogens (primary N) is 1. The lowest BCUT2D eigenvalue weighted by atomic mass is 10.2. The van der Waals surface area contributed by atoms with Gasteiger partial charge in [-0.15, -0.1) is 0 Å². The van der Waals surface area contributed by atoms with E-state index in [-0.39, 0.29) is 11.2 Å². The van der Waals surface area contributed by atoms with E-state index >= 15 is 0 Å². The van der Waals surface area contributed by atoms with Crippen molar-refractivity contribution in [1.29, 1.82) is 0 Å². The van der Waals surface area contributed by atoms with Crippen molar-refractivity contribution < 1.29 is 9.47 Å². The Bertz CT molecular complexity index is 494. The SMILES string of the molecule is C=C(Cl)NC(=NC1CCCC1)/C(C#CC(OCC)OCC)=C\N. The van der Waals surface area contributed by atoms with Gasteiger partial charge in [0.2, 0.25) is 6.29 Å². The van der Waals surface area contributed by atoms with Crippen LogP contribution in [0.5, 0.6) is 0 Å². The van der Waals surface area contributed by atoms with Gasteiger partial charge in [-0.1, -0.05) is 36.9 Å². The molecule has 0 aromatic rings. The lowest BCUT2D eigenvalue weighted by molar-refractivity contribution is -0.0969. The van der Waals surface area contributed by atoms with E-state index in [1.165, 1.54) is 19.0 Å². The molecule has 1 aliphatic rings. The molecule has 0 amide bonds. The van der Waals surface area contributed by atoms with Crippen LogP contribution in [-0.4, -0.2) is 31.4 Å². The molecular formula is C17H26ClN3O2. The van der Waals surface area contributed by atoms with E-state index in [1.807, 2.05) is 13.8 Å². The molecule has 3 N–H and O–H groups in total. The van der Waals surface area contributed by atoms with Crippen LogP contribution in [-0.2, 0) is 9.47 Å². The lowest BCUT2D eigenvalue weighted by Crippen LogP contribution is -2.25. The van der Waals surface area contributed by atoms with Gasteiger partial charge in [0.05, 0.1) is 11.6 Å². The first-order valence-electron chi connectivity index (χ1n) is 7.96.